The summed E-state index contributed by atoms with van der Waals surface area (Å²) in [5.74, 6) is 0. The zero-order chi connectivity index (χ0) is 13.7. The minimum atomic E-state index is 1.02. The Morgan fingerprint density at radius 1 is 0.900 bits per heavy atom. The first-order chi connectivity index (χ1) is 9.70. The summed E-state index contributed by atoms with van der Waals surface area (Å²) in [4.78, 5) is 2.45. The number of rotatable bonds is 1. The molecule has 0 atom stereocenters. The van der Waals surface area contributed by atoms with Crippen LogP contribution in [0.3, 0.4) is 0 Å². The topological polar surface area (TPSA) is 8.17 Å². The molecule has 100 valence electrons. The van der Waals surface area contributed by atoms with E-state index in [1.54, 1.807) is 0 Å². The maximum Gasteiger partial charge on any atom is 0.0479 e. The third-order valence-electron chi connectivity index (χ3n) is 4.32. The van der Waals surface area contributed by atoms with Crippen LogP contribution in [0.2, 0.25) is 0 Å². The van der Waals surface area contributed by atoms with Gasteiger partial charge < -0.3 is 9.47 Å². The summed E-state index contributed by atoms with van der Waals surface area (Å²) in [6.07, 6.45) is 2.12. The predicted octanol–water partition coefficient (Wildman–Crippen LogP) is 4.01. The van der Waals surface area contributed by atoms with E-state index >= 15 is 0 Å². The Bertz CT molecular complexity index is 798. The lowest BCUT2D eigenvalue weighted by atomic mass is 10.1. The fraction of sp³-hybridized carbons (Fsp3) is 0.222. The molecule has 0 fully saturated rings. The second kappa shape index (κ2) is 4.14. The molecular formula is C18H18N2. The van der Waals surface area contributed by atoms with Gasteiger partial charge in [0.15, 0.2) is 0 Å². The Hall–Kier alpha value is -2.22. The number of anilines is 1. The van der Waals surface area contributed by atoms with Crippen LogP contribution in [0.15, 0.2) is 48.7 Å². The number of benzene rings is 2. The van der Waals surface area contributed by atoms with Gasteiger partial charge in [-0.05, 0) is 42.3 Å². The first-order valence-electron chi connectivity index (χ1n) is 7.09. The van der Waals surface area contributed by atoms with E-state index in [9.17, 15) is 0 Å². The number of hydrogen-bond acceptors (Lipinski definition) is 1. The summed E-state index contributed by atoms with van der Waals surface area (Å²) in [5, 5.41) is 1.32. The summed E-state index contributed by atoms with van der Waals surface area (Å²) in [6, 6.07) is 15.7. The molecule has 0 bridgehead atoms. The number of nitrogens with zero attached hydrogens (tertiary/aromatic N) is 2. The average molecular weight is 262 g/mol. The number of aryl methyl sites for hydroxylation is 2. The lowest BCUT2D eigenvalue weighted by Gasteiger charge is -2.18. The first-order valence-corrected chi connectivity index (χ1v) is 7.09. The third-order valence-corrected chi connectivity index (χ3v) is 4.32. The zero-order valence-corrected chi connectivity index (χ0v) is 11.9. The standard InChI is InChI=1S/C18H18N2/c1-13-3-4-15-11-20(12-16(15)9-13)17-5-6-18-14(10-17)7-8-19(18)2/h3-10H,11-12H2,1-2H3. The van der Waals surface area contributed by atoms with Crippen molar-refractivity contribution in [2.45, 2.75) is 20.0 Å². The molecule has 2 aromatic carbocycles. The Kier molecular flexibility index (Phi) is 2.40. The van der Waals surface area contributed by atoms with Gasteiger partial charge in [-0.15, -0.1) is 0 Å². The lowest BCUT2D eigenvalue weighted by Crippen LogP contribution is -2.14. The first kappa shape index (κ1) is 11.6. The number of aromatic nitrogens is 1. The lowest BCUT2D eigenvalue weighted by molar-refractivity contribution is 0.881. The van der Waals surface area contributed by atoms with Crippen LogP contribution in [0.1, 0.15) is 16.7 Å². The molecule has 4 rings (SSSR count). The fourth-order valence-corrected chi connectivity index (χ4v) is 3.17. The maximum atomic E-state index is 2.45. The molecule has 0 spiro atoms. The summed E-state index contributed by atoms with van der Waals surface area (Å²) in [7, 11) is 2.09. The van der Waals surface area contributed by atoms with E-state index < -0.39 is 0 Å². The van der Waals surface area contributed by atoms with E-state index in [1.165, 1.54) is 33.3 Å². The highest BCUT2D eigenvalue weighted by Gasteiger charge is 2.19. The quantitative estimate of drug-likeness (QED) is 0.643. The van der Waals surface area contributed by atoms with Gasteiger partial charge in [0.05, 0.1) is 0 Å². The van der Waals surface area contributed by atoms with Gasteiger partial charge in [0.1, 0.15) is 0 Å². The van der Waals surface area contributed by atoms with Crippen molar-refractivity contribution < 1.29 is 0 Å². The fourth-order valence-electron chi connectivity index (χ4n) is 3.17. The second-order valence-corrected chi connectivity index (χ2v) is 5.80. The molecule has 20 heavy (non-hydrogen) atoms. The van der Waals surface area contributed by atoms with Crippen LogP contribution < -0.4 is 4.90 Å². The molecule has 0 saturated heterocycles. The minimum absolute atomic E-state index is 1.02. The van der Waals surface area contributed by atoms with Crippen LogP contribution >= 0.6 is 0 Å². The van der Waals surface area contributed by atoms with Gasteiger partial charge in [-0.25, -0.2) is 0 Å². The van der Waals surface area contributed by atoms with Crippen LogP contribution in [0, 0.1) is 6.92 Å². The third kappa shape index (κ3) is 1.72. The molecule has 2 heterocycles. The zero-order valence-electron chi connectivity index (χ0n) is 11.9. The SMILES string of the molecule is Cc1ccc2c(c1)CN(c1ccc3c(ccn3C)c1)C2. The van der Waals surface area contributed by atoms with Crippen LogP contribution in [0.5, 0.6) is 0 Å². The van der Waals surface area contributed by atoms with Gasteiger partial charge in [-0.1, -0.05) is 23.8 Å². The smallest absolute Gasteiger partial charge is 0.0479 e. The monoisotopic (exact) mass is 262 g/mol. The van der Waals surface area contributed by atoms with Crippen molar-refractivity contribution in [3.05, 3.63) is 65.4 Å². The molecule has 0 aliphatic carbocycles. The predicted molar refractivity (Wildman–Crippen MR) is 84.0 cm³/mol. The summed E-state index contributed by atoms with van der Waals surface area (Å²) in [6.45, 7) is 4.21. The molecule has 3 aromatic rings. The van der Waals surface area contributed by atoms with Crippen molar-refractivity contribution in [3.63, 3.8) is 0 Å². The summed E-state index contributed by atoms with van der Waals surface area (Å²) in [5.41, 5.74) is 6.89. The van der Waals surface area contributed by atoms with E-state index in [4.69, 9.17) is 0 Å². The van der Waals surface area contributed by atoms with Gasteiger partial charge in [-0.2, -0.15) is 0 Å². The molecule has 0 radical (unpaired) electrons. The molecule has 2 heteroatoms. The van der Waals surface area contributed by atoms with E-state index in [2.05, 4.69) is 72.1 Å². The Labute approximate surface area is 119 Å². The van der Waals surface area contributed by atoms with Gasteiger partial charge in [0.2, 0.25) is 0 Å². The highest BCUT2D eigenvalue weighted by molar-refractivity contribution is 5.84. The summed E-state index contributed by atoms with van der Waals surface area (Å²) < 4.78 is 2.17. The van der Waals surface area contributed by atoms with Crippen molar-refractivity contribution >= 4 is 16.6 Å². The van der Waals surface area contributed by atoms with E-state index in [-0.39, 0.29) is 0 Å². The van der Waals surface area contributed by atoms with Crippen LogP contribution in [0.4, 0.5) is 5.69 Å². The van der Waals surface area contributed by atoms with Crippen molar-refractivity contribution in [1.82, 2.24) is 4.57 Å². The van der Waals surface area contributed by atoms with E-state index in [1.807, 2.05) is 0 Å². The number of fused-ring (bicyclic) bond motifs is 2. The van der Waals surface area contributed by atoms with Gasteiger partial charge in [0, 0.05) is 42.9 Å². The van der Waals surface area contributed by atoms with Crippen LogP contribution in [-0.2, 0) is 20.1 Å². The summed E-state index contributed by atoms with van der Waals surface area (Å²) >= 11 is 0. The minimum Gasteiger partial charge on any atom is -0.363 e. The van der Waals surface area contributed by atoms with E-state index in [0.717, 1.165) is 13.1 Å². The molecular weight excluding hydrogens is 244 g/mol. The Balaban J connectivity index is 1.71. The van der Waals surface area contributed by atoms with Crippen LogP contribution in [0.25, 0.3) is 10.9 Å². The van der Waals surface area contributed by atoms with E-state index in [0.29, 0.717) is 0 Å². The van der Waals surface area contributed by atoms with Gasteiger partial charge in [-0.3, -0.25) is 0 Å². The van der Waals surface area contributed by atoms with Crippen molar-refractivity contribution in [2.75, 3.05) is 4.90 Å². The van der Waals surface area contributed by atoms with Crippen molar-refractivity contribution in [3.8, 4) is 0 Å². The van der Waals surface area contributed by atoms with Crippen LogP contribution in [-0.4, -0.2) is 4.57 Å². The van der Waals surface area contributed by atoms with Gasteiger partial charge in [0.25, 0.3) is 0 Å². The highest BCUT2D eigenvalue weighted by atomic mass is 15.1. The van der Waals surface area contributed by atoms with Crippen molar-refractivity contribution in [1.29, 1.82) is 0 Å². The van der Waals surface area contributed by atoms with Gasteiger partial charge >= 0.3 is 0 Å². The second-order valence-electron chi connectivity index (χ2n) is 5.80. The molecule has 1 aliphatic rings. The highest BCUT2D eigenvalue weighted by Crippen LogP contribution is 2.30. The largest absolute Gasteiger partial charge is 0.363 e. The maximum absolute atomic E-state index is 2.45. The molecule has 1 aromatic heterocycles. The molecule has 0 saturated carbocycles. The molecule has 1 aliphatic heterocycles. The molecule has 2 nitrogen and oxygen atoms in total. The normalized spacial score (nSPS) is 14.0. The Morgan fingerprint density at radius 3 is 2.65 bits per heavy atom. The molecule has 0 unspecified atom stereocenters. The average Bonchev–Trinajstić information content (AvgIpc) is 3.02. The Morgan fingerprint density at radius 2 is 1.75 bits per heavy atom. The molecule has 0 amide bonds. The molecule has 0 N–H and O–H groups in total. The van der Waals surface area contributed by atoms with Crippen molar-refractivity contribution in [2.24, 2.45) is 7.05 Å². The number of hydrogen-bond donors (Lipinski definition) is 0.